The van der Waals surface area contributed by atoms with Crippen molar-refractivity contribution in [2.75, 3.05) is 18.8 Å². The van der Waals surface area contributed by atoms with Crippen molar-refractivity contribution in [1.29, 1.82) is 0 Å². The molecule has 14 N–H and O–H groups in total. The number of carbonyl (C=O) groups is 9. The number of carboxylic acid groups (broad SMARTS) is 1. The Balaban J connectivity index is 1.83. The highest BCUT2D eigenvalue weighted by atomic mass is 32.2. The average molecular weight is 885 g/mol. The number of Topliss-reactive ketones (excluding diaryl/α,β-unsaturated/α-hetero) is 2. The number of thioether (sulfide) groups is 1. The van der Waals surface area contributed by atoms with Crippen molar-refractivity contribution >= 4 is 64.7 Å². The van der Waals surface area contributed by atoms with E-state index in [1.54, 1.807) is 12.1 Å². The van der Waals surface area contributed by atoms with Gasteiger partial charge in [-0.2, -0.15) is 0 Å². The summed E-state index contributed by atoms with van der Waals surface area (Å²) in [6, 6.07) is 5.19. The standard InChI is InChI=1S/C41H56N8O12S/c1-22(46-39(60)28(17-23-6-10-25(50)11-7-23)48-37(58)27(43)5-3-4-16-42)36(57)47-29(18-24-8-12-26(51)13-9-24)40(61)49-30(38(59)45-20-33(44)53)21-62-31-19-32(52)41(2,35(31)56)15-14-34(54)55/h6-13,22,27-31,50-51H,3-5,14-21,42-43H2,1-2H3,(H2,44,53)(H,45,59)(H,46,60)(H,47,57)(H,48,58)(H,49,61)(H,54,55)/t22-,27-,28-,29-,30-,31?,41?/m0/s1. The van der Waals surface area contributed by atoms with Gasteiger partial charge in [0.2, 0.25) is 35.4 Å². The first kappa shape index (κ1) is 50.3. The molecule has 0 heterocycles. The summed E-state index contributed by atoms with van der Waals surface area (Å²) in [5.74, 6) is -7.52. The number of hydrogen-bond acceptors (Lipinski definition) is 14. The van der Waals surface area contributed by atoms with Gasteiger partial charge in [-0.15, -0.1) is 11.8 Å². The van der Waals surface area contributed by atoms with Crippen LogP contribution < -0.4 is 43.8 Å². The zero-order valence-corrected chi connectivity index (χ0v) is 35.3. The van der Waals surface area contributed by atoms with E-state index >= 15 is 0 Å². The quantitative estimate of drug-likeness (QED) is 0.0396. The maximum atomic E-state index is 14.0. The molecule has 2 aromatic rings. The number of carboxylic acids is 1. The molecule has 0 aromatic heterocycles. The van der Waals surface area contributed by atoms with Crippen LogP contribution in [0.3, 0.4) is 0 Å². The summed E-state index contributed by atoms with van der Waals surface area (Å²) in [4.78, 5) is 117. The molecule has 0 aliphatic heterocycles. The number of phenolic OH excluding ortho intramolecular Hbond substituents is 2. The van der Waals surface area contributed by atoms with Crippen molar-refractivity contribution in [3.63, 3.8) is 0 Å². The number of carbonyl (C=O) groups excluding carboxylic acids is 8. The van der Waals surface area contributed by atoms with E-state index in [9.17, 15) is 53.4 Å². The van der Waals surface area contributed by atoms with Crippen LogP contribution in [0.4, 0.5) is 0 Å². The molecule has 1 saturated carbocycles. The lowest BCUT2D eigenvalue weighted by Crippen LogP contribution is -2.59. The third-order valence-corrected chi connectivity index (χ3v) is 11.6. The van der Waals surface area contributed by atoms with Gasteiger partial charge in [-0.1, -0.05) is 30.7 Å². The fraction of sp³-hybridized carbons (Fsp3) is 0.488. The Morgan fingerprint density at radius 3 is 1.81 bits per heavy atom. The first-order chi connectivity index (χ1) is 29.2. The number of ketones is 2. The first-order valence-electron chi connectivity index (χ1n) is 19.9. The zero-order valence-electron chi connectivity index (χ0n) is 34.5. The molecule has 2 aromatic carbocycles. The SMILES string of the molecule is C[C@H](NC(=O)[C@H](Cc1ccc(O)cc1)NC(=O)[C@@H](N)CCCCN)C(=O)N[C@@H](Cc1ccc(O)cc1)C(=O)N[C@@H](CSC1CC(=O)C(C)(CCC(=O)O)C1=O)C(=O)NCC(N)=O. The number of primary amides is 1. The van der Waals surface area contributed by atoms with E-state index in [-0.39, 0.29) is 42.9 Å². The van der Waals surface area contributed by atoms with Crippen LogP contribution in [0.15, 0.2) is 48.5 Å². The van der Waals surface area contributed by atoms with Crippen molar-refractivity contribution in [2.45, 2.75) is 101 Å². The maximum absolute atomic E-state index is 14.0. The topological polar surface area (TPSA) is 353 Å². The lowest BCUT2D eigenvalue weighted by molar-refractivity contribution is -0.139. The number of nitrogens with two attached hydrogens (primary N) is 3. The van der Waals surface area contributed by atoms with Crippen LogP contribution in [0.2, 0.25) is 0 Å². The Kier molecular flexibility index (Phi) is 19.3. The second kappa shape index (κ2) is 23.8. The van der Waals surface area contributed by atoms with Crippen molar-refractivity contribution in [1.82, 2.24) is 26.6 Å². The number of nitrogens with one attached hydrogen (secondary N) is 5. The number of unbranched alkanes of at least 4 members (excludes halogenated alkanes) is 1. The van der Waals surface area contributed by atoms with Gasteiger partial charge in [0.1, 0.15) is 41.4 Å². The number of phenols is 2. The number of aromatic hydroxyl groups is 2. The highest BCUT2D eigenvalue weighted by Gasteiger charge is 2.51. The van der Waals surface area contributed by atoms with E-state index < -0.39 is 107 Å². The summed E-state index contributed by atoms with van der Waals surface area (Å²) < 4.78 is 0. The second-order valence-electron chi connectivity index (χ2n) is 15.3. The lowest BCUT2D eigenvalue weighted by Gasteiger charge is -2.26. The van der Waals surface area contributed by atoms with Crippen LogP contribution in [0, 0.1) is 5.41 Å². The van der Waals surface area contributed by atoms with Gasteiger partial charge in [-0.25, -0.2) is 0 Å². The summed E-state index contributed by atoms with van der Waals surface area (Å²) >= 11 is 0.875. The van der Waals surface area contributed by atoms with Crippen molar-refractivity contribution in [3.8, 4) is 11.5 Å². The van der Waals surface area contributed by atoms with E-state index in [0.29, 0.717) is 36.9 Å². The fourth-order valence-electron chi connectivity index (χ4n) is 6.45. The molecular formula is C41H56N8O12S. The molecule has 1 aliphatic rings. The molecule has 338 valence electrons. The maximum Gasteiger partial charge on any atom is 0.303 e. The highest BCUT2D eigenvalue weighted by Crippen LogP contribution is 2.40. The largest absolute Gasteiger partial charge is 0.508 e. The van der Waals surface area contributed by atoms with Gasteiger partial charge in [-0.3, -0.25) is 43.2 Å². The number of rotatable bonds is 25. The molecule has 0 saturated heterocycles. The molecule has 21 heteroatoms. The van der Waals surface area contributed by atoms with E-state index in [2.05, 4.69) is 26.6 Å². The van der Waals surface area contributed by atoms with E-state index in [4.69, 9.17) is 22.3 Å². The Morgan fingerprint density at radius 1 is 0.774 bits per heavy atom. The van der Waals surface area contributed by atoms with E-state index in [1.165, 1.54) is 50.2 Å². The second-order valence-corrected chi connectivity index (χ2v) is 16.5. The Labute approximate surface area is 362 Å². The molecular weight excluding hydrogens is 829 g/mol. The normalized spacial score (nSPS) is 18.4. The molecule has 62 heavy (non-hydrogen) atoms. The smallest absolute Gasteiger partial charge is 0.303 e. The van der Waals surface area contributed by atoms with Gasteiger partial charge < -0.3 is 59.1 Å². The zero-order chi connectivity index (χ0) is 46.1. The molecule has 20 nitrogen and oxygen atoms in total. The molecule has 7 atom stereocenters. The Bertz CT molecular complexity index is 1950. The van der Waals surface area contributed by atoms with Crippen LogP contribution in [0.25, 0.3) is 0 Å². The summed E-state index contributed by atoms with van der Waals surface area (Å²) in [6.45, 7) is 2.51. The average Bonchev–Trinajstić information content (AvgIpc) is 3.44. The molecule has 0 spiro atoms. The van der Waals surface area contributed by atoms with Crippen LogP contribution in [-0.4, -0.2) is 123 Å². The van der Waals surface area contributed by atoms with Crippen molar-refractivity contribution in [2.24, 2.45) is 22.6 Å². The highest BCUT2D eigenvalue weighted by molar-refractivity contribution is 8.00. The summed E-state index contributed by atoms with van der Waals surface area (Å²) in [5, 5.41) is 40.3. The van der Waals surface area contributed by atoms with Crippen molar-refractivity contribution in [3.05, 3.63) is 59.7 Å². The number of aliphatic carboxylic acids is 1. The van der Waals surface area contributed by atoms with Gasteiger partial charge in [0.25, 0.3) is 0 Å². The fourth-order valence-corrected chi connectivity index (χ4v) is 7.79. The molecule has 1 fully saturated rings. The summed E-state index contributed by atoms with van der Waals surface area (Å²) in [7, 11) is 0. The Morgan fingerprint density at radius 2 is 1.29 bits per heavy atom. The van der Waals surface area contributed by atoms with Crippen LogP contribution >= 0.6 is 11.8 Å². The molecule has 0 bridgehead atoms. The molecule has 1 aliphatic carbocycles. The van der Waals surface area contributed by atoms with Gasteiger partial charge in [0, 0.05) is 31.4 Å². The predicted molar refractivity (Wildman–Crippen MR) is 226 cm³/mol. The minimum absolute atomic E-state index is 0.0221. The molecule has 3 rings (SSSR count). The summed E-state index contributed by atoms with van der Waals surface area (Å²) in [5.41, 5.74) is 16.3. The number of benzene rings is 2. The summed E-state index contributed by atoms with van der Waals surface area (Å²) in [6.07, 6.45) is 0.395. The number of amides is 6. The van der Waals surface area contributed by atoms with Gasteiger partial charge >= 0.3 is 5.97 Å². The van der Waals surface area contributed by atoms with Crippen LogP contribution in [-0.2, 0) is 56.0 Å². The monoisotopic (exact) mass is 884 g/mol. The van der Waals surface area contributed by atoms with Gasteiger partial charge in [-0.05, 0) is 75.0 Å². The Hall–Kier alpha value is -6.06. The molecule has 0 radical (unpaired) electrons. The van der Waals surface area contributed by atoms with E-state index in [1.807, 2.05) is 0 Å². The van der Waals surface area contributed by atoms with Crippen molar-refractivity contribution < 1.29 is 58.5 Å². The predicted octanol–water partition coefficient (Wildman–Crippen LogP) is -1.59. The third kappa shape index (κ3) is 15.4. The van der Waals surface area contributed by atoms with Gasteiger partial charge in [0.15, 0.2) is 5.78 Å². The minimum Gasteiger partial charge on any atom is -0.508 e. The van der Waals surface area contributed by atoms with Crippen LogP contribution in [0.5, 0.6) is 11.5 Å². The van der Waals surface area contributed by atoms with Gasteiger partial charge in [0.05, 0.1) is 23.3 Å². The lowest BCUT2D eigenvalue weighted by atomic mass is 9.82. The van der Waals surface area contributed by atoms with Crippen LogP contribution in [0.1, 0.15) is 63.5 Å². The third-order valence-electron chi connectivity index (χ3n) is 10.3. The molecule has 2 unspecified atom stereocenters. The minimum atomic E-state index is -1.55. The first-order valence-corrected chi connectivity index (χ1v) is 21.0. The van der Waals surface area contributed by atoms with E-state index in [0.717, 1.165) is 11.8 Å². The number of hydrogen-bond donors (Lipinski definition) is 11. The molecule has 6 amide bonds.